The van der Waals surface area contributed by atoms with Crippen LogP contribution in [0.1, 0.15) is 49.3 Å². The molecule has 3 atom stereocenters. The van der Waals surface area contributed by atoms with E-state index in [1.54, 1.807) is 13.8 Å². The molecule has 0 unspecified atom stereocenters. The van der Waals surface area contributed by atoms with Gasteiger partial charge in [0.1, 0.15) is 11.9 Å². The Balaban J connectivity index is 1.72. The summed E-state index contributed by atoms with van der Waals surface area (Å²) in [6.07, 6.45) is -0.0364. The van der Waals surface area contributed by atoms with E-state index in [1.165, 1.54) is 26.3 Å². The lowest BCUT2D eigenvalue weighted by Crippen LogP contribution is -2.30. The second kappa shape index (κ2) is 12.5. The Morgan fingerprint density at radius 1 is 0.917 bits per heavy atom. The molecule has 0 aliphatic heterocycles. The number of aromatic nitrogens is 1. The van der Waals surface area contributed by atoms with E-state index in [2.05, 4.69) is 4.98 Å². The highest BCUT2D eigenvalue weighted by Crippen LogP contribution is 2.32. The van der Waals surface area contributed by atoms with Gasteiger partial charge in [0.05, 0.1) is 13.0 Å². The van der Waals surface area contributed by atoms with Crippen molar-refractivity contribution in [1.29, 1.82) is 0 Å². The van der Waals surface area contributed by atoms with Crippen LogP contribution in [0, 0.1) is 5.92 Å². The smallest absolute Gasteiger partial charge is 0.309 e. The zero-order valence-electron chi connectivity index (χ0n) is 20.7. The summed E-state index contributed by atoms with van der Waals surface area (Å²) in [5.41, 5.74) is 0.754. The maximum Gasteiger partial charge on any atom is 0.309 e. The van der Waals surface area contributed by atoms with Gasteiger partial charge in [-0.1, -0.05) is 55.5 Å². The monoisotopic (exact) mass is 491 g/mol. The summed E-state index contributed by atoms with van der Waals surface area (Å²) < 4.78 is 22.2. The summed E-state index contributed by atoms with van der Waals surface area (Å²) >= 11 is 0. The minimum absolute atomic E-state index is 0.0770. The van der Waals surface area contributed by atoms with Crippen molar-refractivity contribution in [3.63, 3.8) is 0 Å². The molecule has 188 valence electrons. The number of pyridine rings is 1. The number of para-hydroxylation sites is 1. The largest absolute Gasteiger partial charge is 0.493 e. The zero-order chi connectivity index (χ0) is 26.1. The lowest BCUT2D eigenvalue weighted by atomic mass is 10.0. The SMILES string of the molecule is COc1ccnc(C(=O)C[C@@H](C)C(=O)O[C@@H](C)[C@H](Oc2ccccc2)c2ccccc2)c1OC(C)=O. The molecular formula is C28H29NO7. The Morgan fingerprint density at radius 2 is 1.56 bits per heavy atom. The molecule has 3 rings (SSSR count). The Hall–Kier alpha value is -4.20. The highest BCUT2D eigenvalue weighted by molar-refractivity contribution is 5.99. The first-order valence-corrected chi connectivity index (χ1v) is 11.5. The fraction of sp³-hybridized carbons (Fsp3) is 0.286. The summed E-state index contributed by atoms with van der Waals surface area (Å²) in [6.45, 7) is 4.55. The van der Waals surface area contributed by atoms with E-state index in [0.29, 0.717) is 5.75 Å². The first kappa shape index (κ1) is 26.4. The summed E-state index contributed by atoms with van der Waals surface area (Å²) in [7, 11) is 1.39. The fourth-order valence-corrected chi connectivity index (χ4v) is 3.57. The number of methoxy groups -OCH3 is 1. The number of esters is 2. The van der Waals surface area contributed by atoms with Crippen molar-refractivity contribution in [1.82, 2.24) is 4.98 Å². The molecule has 8 heteroatoms. The second-order valence-electron chi connectivity index (χ2n) is 8.22. The standard InChI is InChI=1S/C28H29NO7/c1-18(17-23(31)25-27(35-20(3)30)24(33-4)15-16-29-25)28(32)34-19(2)26(21-11-7-5-8-12-21)36-22-13-9-6-10-14-22/h5-16,18-19,26H,17H2,1-4H3/t18-,19+,26+/m1/s1. The molecule has 0 radical (unpaired) electrons. The molecule has 3 aromatic rings. The number of ketones is 1. The van der Waals surface area contributed by atoms with Crippen LogP contribution in [0.4, 0.5) is 0 Å². The van der Waals surface area contributed by atoms with E-state index in [-0.39, 0.29) is 23.6 Å². The summed E-state index contributed by atoms with van der Waals surface area (Å²) in [6, 6.07) is 20.2. The van der Waals surface area contributed by atoms with Crippen molar-refractivity contribution < 1.29 is 33.3 Å². The van der Waals surface area contributed by atoms with Crippen molar-refractivity contribution in [2.75, 3.05) is 7.11 Å². The van der Waals surface area contributed by atoms with Crippen molar-refractivity contribution in [2.45, 2.75) is 39.4 Å². The molecule has 0 N–H and O–H groups in total. The third-order valence-electron chi connectivity index (χ3n) is 5.35. The molecule has 1 aromatic heterocycles. The molecule has 36 heavy (non-hydrogen) atoms. The maximum absolute atomic E-state index is 13.0. The summed E-state index contributed by atoms with van der Waals surface area (Å²) in [5.74, 6) is -1.70. The number of nitrogens with zero attached hydrogens (tertiary/aromatic N) is 1. The van der Waals surface area contributed by atoms with E-state index in [1.807, 2.05) is 60.7 Å². The quantitative estimate of drug-likeness (QED) is 0.274. The van der Waals surface area contributed by atoms with Crippen molar-refractivity contribution in [3.05, 3.63) is 84.2 Å². The third-order valence-corrected chi connectivity index (χ3v) is 5.35. The number of hydrogen-bond acceptors (Lipinski definition) is 8. The molecule has 1 heterocycles. The van der Waals surface area contributed by atoms with Gasteiger partial charge in [0, 0.05) is 25.6 Å². The molecule has 0 aliphatic rings. The predicted octanol–water partition coefficient (Wildman–Crippen LogP) is 4.98. The Kier molecular flexibility index (Phi) is 9.16. The van der Waals surface area contributed by atoms with Crippen LogP contribution >= 0.6 is 0 Å². The predicted molar refractivity (Wildman–Crippen MR) is 132 cm³/mol. The van der Waals surface area contributed by atoms with Gasteiger partial charge in [0.15, 0.2) is 23.3 Å². The molecule has 0 saturated heterocycles. The van der Waals surface area contributed by atoms with E-state index < -0.39 is 35.8 Å². The summed E-state index contributed by atoms with van der Waals surface area (Å²) in [5, 5.41) is 0. The number of Topliss-reactive ketones (excluding diaryl/α,β-unsaturated/α-hetero) is 1. The lowest BCUT2D eigenvalue weighted by molar-refractivity contribution is -0.157. The molecule has 0 aliphatic carbocycles. The van der Waals surface area contributed by atoms with E-state index in [4.69, 9.17) is 18.9 Å². The molecule has 0 spiro atoms. The van der Waals surface area contributed by atoms with Crippen LogP contribution < -0.4 is 14.2 Å². The zero-order valence-corrected chi connectivity index (χ0v) is 20.7. The van der Waals surface area contributed by atoms with Crippen LogP contribution in [-0.4, -0.2) is 35.9 Å². The molecule has 0 fully saturated rings. The van der Waals surface area contributed by atoms with Crippen LogP contribution in [0.15, 0.2) is 72.9 Å². The third kappa shape index (κ3) is 6.91. The number of hydrogen-bond donors (Lipinski definition) is 0. The van der Waals surface area contributed by atoms with Gasteiger partial charge in [-0.25, -0.2) is 4.98 Å². The van der Waals surface area contributed by atoms with Crippen molar-refractivity contribution in [2.24, 2.45) is 5.92 Å². The molecular weight excluding hydrogens is 462 g/mol. The minimum atomic E-state index is -0.786. The van der Waals surface area contributed by atoms with Gasteiger partial charge < -0.3 is 18.9 Å². The maximum atomic E-state index is 13.0. The second-order valence-corrected chi connectivity index (χ2v) is 8.22. The Morgan fingerprint density at radius 3 is 2.17 bits per heavy atom. The van der Waals surface area contributed by atoms with Crippen LogP contribution in [0.5, 0.6) is 17.2 Å². The summed E-state index contributed by atoms with van der Waals surface area (Å²) in [4.78, 5) is 41.5. The van der Waals surface area contributed by atoms with E-state index >= 15 is 0 Å². The number of rotatable bonds is 11. The molecule has 2 aromatic carbocycles. The number of benzene rings is 2. The van der Waals surface area contributed by atoms with Crippen LogP contribution in [0.25, 0.3) is 0 Å². The minimum Gasteiger partial charge on any atom is -0.493 e. The lowest BCUT2D eigenvalue weighted by Gasteiger charge is -2.26. The van der Waals surface area contributed by atoms with Gasteiger partial charge >= 0.3 is 11.9 Å². The Bertz CT molecular complexity index is 1180. The first-order valence-electron chi connectivity index (χ1n) is 11.5. The van der Waals surface area contributed by atoms with E-state index in [0.717, 1.165) is 5.56 Å². The molecule has 0 saturated carbocycles. The van der Waals surface area contributed by atoms with Gasteiger partial charge in [0.25, 0.3) is 0 Å². The molecule has 8 nitrogen and oxygen atoms in total. The van der Waals surface area contributed by atoms with Crippen molar-refractivity contribution in [3.8, 4) is 17.2 Å². The number of carbonyl (C=O) groups is 3. The van der Waals surface area contributed by atoms with Gasteiger partial charge in [-0.15, -0.1) is 0 Å². The van der Waals surface area contributed by atoms with Crippen LogP contribution in [-0.2, 0) is 14.3 Å². The van der Waals surface area contributed by atoms with Crippen molar-refractivity contribution >= 4 is 17.7 Å². The molecule has 0 amide bonds. The van der Waals surface area contributed by atoms with Gasteiger partial charge in [-0.2, -0.15) is 0 Å². The van der Waals surface area contributed by atoms with E-state index in [9.17, 15) is 14.4 Å². The average molecular weight is 492 g/mol. The topological polar surface area (TPSA) is 101 Å². The van der Waals surface area contributed by atoms with Gasteiger partial charge in [-0.05, 0) is 24.6 Å². The van der Waals surface area contributed by atoms with Gasteiger partial charge in [-0.3, -0.25) is 14.4 Å². The fourth-order valence-electron chi connectivity index (χ4n) is 3.57. The Labute approximate surface area is 210 Å². The van der Waals surface area contributed by atoms with Gasteiger partial charge in [0.2, 0.25) is 5.75 Å². The molecule has 0 bridgehead atoms. The number of carbonyl (C=O) groups excluding carboxylic acids is 3. The van der Waals surface area contributed by atoms with Crippen LogP contribution in [0.2, 0.25) is 0 Å². The normalized spacial score (nSPS) is 13.1. The number of ether oxygens (including phenoxy) is 4. The highest BCUT2D eigenvalue weighted by Gasteiger charge is 2.29. The highest BCUT2D eigenvalue weighted by atomic mass is 16.6. The average Bonchev–Trinajstić information content (AvgIpc) is 2.88. The van der Waals surface area contributed by atoms with Crippen LogP contribution in [0.3, 0.4) is 0 Å². The first-order chi connectivity index (χ1) is 17.3.